The fraction of sp³-hybridized carbons (Fsp3) is 0.278. The van der Waals surface area contributed by atoms with Crippen LogP contribution in [0.4, 0.5) is 0 Å². The average Bonchev–Trinajstić information content (AvgIpc) is 3.30. The van der Waals surface area contributed by atoms with E-state index in [0.717, 1.165) is 20.9 Å². The number of rotatable bonds is 6. The highest BCUT2D eigenvalue weighted by Crippen LogP contribution is 2.24. The topological polar surface area (TPSA) is 89.0 Å². The van der Waals surface area contributed by atoms with Crippen LogP contribution in [0.5, 0.6) is 0 Å². The SMILES string of the molecule is COC(=O)[C@@H](Cc1c[nH]c2ccc(Br)cc12)NC(=O)[C@@H](C)n1ccnc1. The molecule has 0 saturated heterocycles. The molecule has 0 radical (unpaired) electrons. The molecule has 26 heavy (non-hydrogen) atoms. The number of H-pyrrole nitrogens is 1. The van der Waals surface area contributed by atoms with Crippen LogP contribution >= 0.6 is 15.9 Å². The molecule has 2 atom stereocenters. The van der Waals surface area contributed by atoms with Crippen LogP contribution < -0.4 is 5.32 Å². The van der Waals surface area contributed by atoms with Crippen molar-refractivity contribution in [2.24, 2.45) is 0 Å². The smallest absolute Gasteiger partial charge is 0.328 e. The molecule has 2 heterocycles. The van der Waals surface area contributed by atoms with E-state index in [-0.39, 0.29) is 5.91 Å². The average molecular weight is 419 g/mol. The Bertz CT molecular complexity index is 920. The van der Waals surface area contributed by atoms with Crippen molar-refractivity contribution in [2.45, 2.75) is 25.4 Å². The van der Waals surface area contributed by atoms with E-state index in [2.05, 4.69) is 31.2 Å². The van der Waals surface area contributed by atoms with Gasteiger partial charge in [-0.3, -0.25) is 4.79 Å². The minimum atomic E-state index is -0.781. The number of ether oxygens (including phenoxy) is 1. The Hall–Kier alpha value is -2.61. The second-order valence-corrected chi connectivity index (χ2v) is 6.89. The number of aromatic amines is 1. The van der Waals surface area contributed by atoms with Crippen LogP contribution in [0.1, 0.15) is 18.5 Å². The van der Waals surface area contributed by atoms with Gasteiger partial charge in [0.25, 0.3) is 0 Å². The number of esters is 1. The maximum atomic E-state index is 12.5. The Morgan fingerprint density at radius 3 is 2.92 bits per heavy atom. The quantitative estimate of drug-likeness (QED) is 0.602. The fourth-order valence-corrected chi connectivity index (χ4v) is 3.16. The first kappa shape index (κ1) is 18.2. The summed E-state index contributed by atoms with van der Waals surface area (Å²) in [6, 6.07) is 4.61. The molecule has 0 bridgehead atoms. The van der Waals surface area contributed by atoms with Crippen molar-refractivity contribution in [1.29, 1.82) is 0 Å². The number of nitrogens with one attached hydrogen (secondary N) is 2. The van der Waals surface area contributed by atoms with E-state index < -0.39 is 18.1 Å². The van der Waals surface area contributed by atoms with E-state index in [0.29, 0.717) is 6.42 Å². The van der Waals surface area contributed by atoms with Gasteiger partial charge in [-0.05, 0) is 30.7 Å². The molecule has 1 amide bonds. The van der Waals surface area contributed by atoms with Crippen molar-refractivity contribution in [2.75, 3.05) is 7.11 Å². The number of nitrogens with zero attached hydrogens (tertiary/aromatic N) is 2. The first-order valence-electron chi connectivity index (χ1n) is 8.10. The van der Waals surface area contributed by atoms with Gasteiger partial charge in [0.05, 0.1) is 13.4 Å². The summed E-state index contributed by atoms with van der Waals surface area (Å²) in [6.45, 7) is 1.74. The largest absolute Gasteiger partial charge is 0.467 e. The molecule has 0 unspecified atom stereocenters. The lowest BCUT2D eigenvalue weighted by molar-refractivity contribution is -0.145. The van der Waals surface area contributed by atoms with Gasteiger partial charge in [-0.2, -0.15) is 0 Å². The number of hydrogen-bond acceptors (Lipinski definition) is 4. The molecule has 0 spiro atoms. The standard InChI is InChI=1S/C18H19BrN4O3/c1-11(23-6-5-20-10-23)17(24)22-16(18(25)26-2)7-12-9-21-15-4-3-13(19)8-14(12)15/h3-6,8-11,16,21H,7H2,1-2H3,(H,22,24)/t11-,16-/m1/s1. The molecular weight excluding hydrogens is 400 g/mol. The van der Waals surface area contributed by atoms with Crippen molar-refractivity contribution in [3.05, 3.63) is 53.2 Å². The van der Waals surface area contributed by atoms with E-state index in [1.807, 2.05) is 24.4 Å². The summed E-state index contributed by atoms with van der Waals surface area (Å²) in [6.07, 6.45) is 7.04. The van der Waals surface area contributed by atoms with Gasteiger partial charge < -0.3 is 19.6 Å². The number of carbonyl (C=O) groups is 2. The van der Waals surface area contributed by atoms with Crippen LogP contribution in [0.2, 0.25) is 0 Å². The summed E-state index contributed by atoms with van der Waals surface area (Å²) in [5.41, 5.74) is 1.89. The molecule has 0 aliphatic rings. The predicted molar refractivity (Wildman–Crippen MR) is 101 cm³/mol. The molecule has 0 aliphatic carbocycles. The molecule has 2 N–H and O–H groups in total. The van der Waals surface area contributed by atoms with Gasteiger partial charge in [-0.15, -0.1) is 0 Å². The zero-order chi connectivity index (χ0) is 18.7. The Kier molecular flexibility index (Phi) is 5.41. The number of carbonyl (C=O) groups excluding carboxylic acids is 2. The summed E-state index contributed by atoms with van der Waals surface area (Å²) in [4.78, 5) is 31.9. The van der Waals surface area contributed by atoms with Crippen molar-refractivity contribution < 1.29 is 14.3 Å². The molecule has 7 nitrogen and oxygen atoms in total. The van der Waals surface area contributed by atoms with Crippen molar-refractivity contribution in [3.8, 4) is 0 Å². The van der Waals surface area contributed by atoms with Gasteiger partial charge in [-0.1, -0.05) is 15.9 Å². The highest BCUT2D eigenvalue weighted by atomic mass is 79.9. The maximum Gasteiger partial charge on any atom is 0.328 e. The Morgan fingerprint density at radius 1 is 1.42 bits per heavy atom. The number of hydrogen-bond donors (Lipinski definition) is 2. The zero-order valence-electron chi connectivity index (χ0n) is 14.4. The lowest BCUT2D eigenvalue weighted by atomic mass is 10.0. The van der Waals surface area contributed by atoms with Crippen LogP contribution in [-0.2, 0) is 20.7 Å². The Morgan fingerprint density at radius 2 is 2.23 bits per heavy atom. The van der Waals surface area contributed by atoms with Gasteiger partial charge in [0.2, 0.25) is 5.91 Å². The molecular formula is C18H19BrN4O3. The Labute approximate surface area is 158 Å². The van der Waals surface area contributed by atoms with Crippen molar-refractivity contribution in [1.82, 2.24) is 19.9 Å². The number of aromatic nitrogens is 3. The highest BCUT2D eigenvalue weighted by molar-refractivity contribution is 9.10. The van der Waals surface area contributed by atoms with Gasteiger partial charge in [-0.25, -0.2) is 9.78 Å². The first-order chi connectivity index (χ1) is 12.5. The monoisotopic (exact) mass is 418 g/mol. The number of halogens is 1. The molecule has 3 aromatic rings. The summed E-state index contributed by atoms with van der Waals surface area (Å²) >= 11 is 3.46. The molecule has 2 aromatic heterocycles. The molecule has 8 heteroatoms. The van der Waals surface area contributed by atoms with Gasteiger partial charge in [0.1, 0.15) is 12.1 Å². The van der Waals surface area contributed by atoms with E-state index in [4.69, 9.17) is 4.74 Å². The van der Waals surface area contributed by atoms with E-state index >= 15 is 0 Å². The lowest BCUT2D eigenvalue weighted by Crippen LogP contribution is -2.45. The third-order valence-electron chi connectivity index (χ3n) is 4.31. The Balaban J connectivity index is 1.80. The third kappa shape index (κ3) is 3.80. The lowest BCUT2D eigenvalue weighted by Gasteiger charge is -2.19. The first-order valence-corrected chi connectivity index (χ1v) is 8.90. The minimum absolute atomic E-state index is 0.278. The van der Waals surface area contributed by atoms with Gasteiger partial charge in [0.15, 0.2) is 0 Å². The molecule has 0 aliphatic heterocycles. The number of amides is 1. The minimum Gasteiger partial charge on any atom is -0.467 e. The van der Waals surface area contributed by atoms with Crippen molar-refractivity contribution >= 4 is 38.7 Å². The maximum absolute atomic E-state index is 12.5. The van der Waals surface area contributed by atoms with Crippen LogP contribution in [0.15, 0.2) is 47.6 Å². The second-order valence-electron chi connectivity index (χ2n) is 5.98. The summed E-state index contributed by atoms with van der Waals surface area (Å²) in [5.74, 6) is -0.764. The van der Waals surface area contributed by atoms with Gasteiger partial charge in [0, 0.05) is 40.4 Å². The van der Waals surface area contributed by atoms with Crippen LogP contribution in [-0.4, -0.2) is 39.6 Å². The molecule has 136 valence electrons. The molecule has 0 fully saturated rings. The number of fused-ring (bicyclic) bond motifs is 1. The van der Waals surface area contributed by atoms with Crippen LogP contribution in [0, 0.1) is 0 Å². The fourth-order valence-electron chi connectivity index (χ4n) is 2.80. The van der Waals surface area contributed by atoms with E-state index in [1.54, 1.807) is 30.2 Å². The summed E-state index contributed by atoms with van der Waals surface area (Å²) in [7, 11) is 1.31. The van der Waals surface area contributed by atoms with Crippen LogP contribution in [0.25, 0.3) is 10.9 Å². The number of imidazole rings is 1. The van der Waals surface area contributed by atoms with Gasteiger partial charge >= 0.3 is 5.97 Å². The zero-order valence-corrected chi connectivity index (χ0v) is 16.0. The van der Waals surface area contributed by atoms with E-state index in [1.165, 1.54) is 7.11 Å². The number of methoxy groups -OCH3 is 1. The molecule has 1 aromatic carbocycles. The summed E-state index contributed by atoms with van der Waals surface area (Å²) < 4.78 is 7.49. The predicted octanol–water partition coefficient (Wildman–Crippen LogP) is 2.59. The second kappa shape index (κ2) is 7.74. The van der Waals surface area contributed by atoms with E-state index in [9.17, 15) is 9.59 Å². The normalized spacial score (nSPS) is 13.3. The third-order valence-corrected chi connectivity index (χ3v) is 4.80. The molecule has 3 rings (SSSR count). The highest BCUT2D eigenvalue weighted by Gasteiger charge is 2.26. The number of benzene rings is 1. The van der Waals surface area contributed by atoms with Crippen LogP contribution in [0.3, 0.4) is 0 Å². The van der Waals surface area contributed by atoms with Crippen molar-refractivity contribution in [3.63, 3.8) is 0 Å². The molecule has 0 saturated carbocycles. The summed E-state index contributed by atoms with van der Waals surface area (Å²) in [5, 5.41) is 3.78.